The van der Waals surface area contributed by atoms with Gasteiger partial charge < -0.3 is 4.74 Å². The molecule has 1 fully saturated rings. The first-order chi connectivity index (χ1) is 14.5. The molecule has 0 spiro atoms. The average Bonchev–Trinajstić information content (AvgIpc) is 2.78. The first kappa shape index (κ1) is 20.8. The first-order valence-corrected chi connectivity index (χ1v) is 11.9. The van der Waals surface area contributed by atoms with Gasteiger partial charge in [-0.3, -0.25) is 4.90 Å². The molecule has 0 aromatic heterocycles. The molecule has 158 valence electrons. The van der Waals surface area contributed by atoms with Crippen LogP contribution in [0.15, 0.2) is 65.6 Å². The van der Waals surface area contributed by atoms with Crippen molar-refractivity contribution in [2.45, 2.75) is 37.2 Å². The van der Waals surface area contributed by atoms with Crippen LogP contribution in [0.3, 0.4) is 0 Å². The molecule has 1 aliphatic heterocycles. The molecule has 4 rings (SSSR count). The van der Waals surface area contributed by atoms with Crippen LogP contribution in [0.4, 0.5) is 0 Å². The van der Waals surface area contributed by atoms with Gasteiger partial charge in [0.05, 0.1) is 12.0 Å². The fourth-order valence-corrected chi connectivity index (χ4v) is 4.95. The predicted molar refractivity (Wildman–Crippen MR) is 120 cm³/mol. The molecule has 0 aliphatic carbocycles. The maximum atomic E-state index is 12.8. The Morgan fingerprint density at radius 2 is 1.53 bits per heavy atom. The van der Waals surface area contributed by atoms with Crippen molar-refractivity contribution in [3.63, 3.8) is 0 Å². The number of fused-ring (bicyclic) bond motifs is 1. The molecule has 1 saturated heterocycles. The van der Waals surface area contributed by atoms with Gasteiger partial charge in [0.25, 0.3) is 0 Å². The maximum absolute atomic E-state index is 12.8. The summed E-state index contributed by atoms with van der Waals surface area (Å²) in [6.45, 7) is 3.57. The van der Waals surface area contributed by atoms with Crippen LogP contribution in [0.25, 0.3) is 10.8 Å². The van der Waals surface area contributed by atoms with E-state index in [9.17, 15) is 8.42 Å². The molecule has 0 bridgehead atoms. The molecule has 1 N–H and O–H groups in total. The Morgan fingerprint density at radius 3 is 2.27 bits per heavy atom. The van der Waals surface area contributed by atoms with Crippen LogP contribution in [0.1, 0.15) is 30.4 Å². The van der Waals surface area contributed by atoms with Gasteiger partial charge in [0.15, 0.2) is 0 Å². The van der Waals surface area contributed by atoms with Gasteiger partial charge in [-0.1, -0.05) is 42.8 Å². The summed E-state index contributed by atoms with van der Waals surface area (Å²) >= 11 is 0. The molecule has 1 aliphatic rings. The van der Waals surface area contributed by atoms with Gasteiger partial charge in [0, 0.05) is 13.1 Å². The Bertz CT molecular complexity index is 1110. The van der Waals surface area contributed by atoms with Crippen molar-refractivity contribution in [2.75, 3.05) is 20.2 Å². The van der Waals surface area contributed by atoms with E-state index in [1.165, 1.54) is 37.9 Å². The first-order valence-electron chi connectivity index (χ1n) is 10.4. The lowest BCUT2D eigenvalue weighted by atomic mass is 10.1. The molecule has 0 saturated carbocycles. The average molecular weight is 425 g/mol. The number of nitrogens with one attached hydrogen (secondary N) is 1. The summed E-state index contributed by atoms with van der Waals surface area (Å²) in [6, 6.07) is 18.9. The Balaban J connectivity index is 1.40. The van der Waals surface area contributed by atoms with E-state index in [2.05, 4.69) is 21.8 Å². The number of likely N-dealkylation sites (tertiary alicyclic amines) is 1. The minimum absolute atomic E-state index is 0.266. The fraction of sp³-hybridized carbons (Fsp3) is 0.333. The number of nitrogens with zero attached hydrogens (tertiary/aromatic N) is 1. The summed E-state index contributed by atoms with van der Waals surface area (Å²) in [6.07, 6.45) is 3.89. The van der Waals surface area contributed by atoms with Gasteiger partial charge in [-0.15, -0.1) is 0 Å². The van der Waals surface area contributed by atoms with E-state index >= 15 is 0 Å². The molecular formula is C24H28N2O3S. The summed E-state index contributed by atoms with van der Waals surface area (Å²) < 4.78 is 33.5. The van der Waals surface area contributed by atoms with Crippen LogP contribution in [-0.4, -0.2) is 33.5 Å². The van der Waals surface area contributed by atoms with Crippen molar-refractivity contribution in [3.05, 3.63) is 71.8 Å². The number of hydrogen-bond acceptors (Lipinski definition) is 4. The molecular weight excluding hydrogens is 396 g/mol. The predicted octanol–water partition coefficient (Wildman–Crippen LogP) is 4.31. The molecule has 0 atom stereocenters. The highest BCUT2D eigenvalue weighted by molar-refractivity contribution is 7.89. The topological polar surface area (TPSA) is 58.6 Å². The Hall–Kier alpha value is -2.41. The minimum Gasteiger partial charge on any atom is -0.497 e. The quantitative estimate of drug-likeness (QED) is 0.614. The van der Waals surface area contributed by atoms with E-state index in [0.717, 1.165) is 28.6 Å². The lowest BCUT2D eigenvalue weighted by molar-refractivity contribution is 0.221. The second kappa shape index (κ2) is 9.16. The van der Waals surface area contributed by atoms with E-state index in [1.54, 1.807) is 19.2 Å². The van der Waals surface area contributed by atoms with E-state index in [0.29, 0.717) is 0 Å². The van der Waals surface area contributed by atoms with Gasteiger partial charge in [0.2, 0.25) is 10.0 Å². The van der Waals surface area contributed by atoms with Crippen molar-refractivity contribution in [1.29, 1.82) is 0 Å². The molecule has 5 nitrogen and oxygen atoms in total. The van der Waals surface area contributed by atoms with Gasteiger partial charge in [-0.05, 0) is 72.1 Å². The minimum atomic E-state index is -3.59. The Labute approximate surface area is 178 Å². The third-order valence-corrected chi connectivity index (χ3v) is 7.07. The summed E-state index contributed by atoms with van der Waals surface area (Å²) in [7, 11) is -1.97. The molecule has 3 aromatic rings. The van der Waals surface area contributed by atoms with Crippen molar-refractivity contribution in [3.8, 4) is 5.75 Å². The van der Waals surface area contributed by atoms with Crippen LogP contribution in [0, 0.1) is 0 Å². The smallest absolute Gasteiger partial charge is 0.240 e. The van der Waals surface area contributed by atoms with E-state index < -0.39 is 10.0 Å². The standard InChI is InChI=1S/C24H28N2O3S/c1-29-23-11-9-22-16-24(12-10-21(22)15-23)30(27,28)25-17-19-5-7-20(8-6-19)18-26-13-3-2-4-14-26/h5-12,15-16,25H,2-4,13-14,17-18H2,1H3. The third-order valence-electron chi connectivity index (χ3n) is 5.67. The van der Waals surface area contributed by atoms with Gasteiger partial charge in [-0.2, -0.15) is 0 Å². The fourth-order valence-electron chi connectivity index (χ4n) is 3.90. The number of ether oxygens (including phenoxy) is 1. The molecule has 3 aromatic carbocycles. The molecule has 0 amide bonds. The van der Waals surface area contributed by atoms with Crippen LogP contribution in [-0.2, 0) is 23.1 Å². The molecule has 0 unspecified atom stereocenters. The van der Waals surface area contributed by atoms with Crippen molar-refractivity contribution < 1.29 is 13.2 Å². The zero-order chi connectivity index (χ0) is 21.0. The van der Waals surface area contributed by atoms with E-state index in [-0.39, 0.29) is 11.4 Å². The summed E-state index contributed by atoms with van der Waals surface area (Å²) in [4.78, 5) is 2.75. The number of rotatable bonds is 7. The lowest BCUT2D eigenvalue weighted by Crippen LogP contribution is -2.29. The van der Waals surface area contributed by atoms with Crippen LogP contribution < -0.4 is 9.46 Å². The maximum Gasteiger partial charge on any atom is 0.240 e. The van der Waals surface area contributed by atoms with Gasteiger partial charge in [0.1, 0.15) is 5.75 Å². The SMILES string of the molecule is COc1ccc2cc(S(=O)(=O)NCc3ccc(CN4CCCCC4)cc3)ccc2c1. The highest BCUT2D eigenvalue weighted by Crippen LogP contribution is 2.24. The number of piperidine rings is 1. The number of hydrogen-bond donors (Lipinski definition) is 1. The van der Waals surface area contributed by atoms with Crippen LogP contribution in [0.5, 0.6) is 5.75 Å². The summed E-state index contributed by atoms with van der Waals surface area (Å²) in [5.74, 6) is 0.750. The number of methoxy groups -OCH3 is 1. The third kappa shape index (κ3) is 5.01. The van der Waals surface area contributed by atoms with E-state index in [4.69, 9.17) is 4.74 Å². The summed E-state index contributed by atoms with van der Waals surface area (Å²) in [5, 5.41) is 1.80. The van der Waals surface area contributed by atoms with Crippen molar-refractivity contribution in [1.82, 2.24) is 9.62 Å². The zero-order valence-corrected chi connectivity index (χ0v) is 18.1. The highest BCUT2D eigenvalue weighted by Gasteiger charge is 2.15. The molecule has 6 heteroatoms. The molecule has 30 heavy (non-hydrogen) atoms. The number of benzene rings is 3. The lowest BCUT2D eigenvalue weighted by Gasteiger charge is -2.26. The zero-order valence-electron chi connectivity index (χ0n) is 17.3. The second-order valence-corrected chi connectivity index (χ2v) is 9.62. The summed E-state index contributed by atoms with van der Waals surface area (Å²) in [5.41, 5.74) is 2.22. The number of sulfonamides is 1. The largest absolute Gasteiger partial charge is 0.497 e. The van der Waals surface area contributed by atoms with E-state index in [1.807, 2.05) is 36.4 Å². The van der Waals surface area contributed by atoms with Gasteiger partial charge >= 0.3 is 0 Å². The highest BCUT2D eigenvalue weighted by atomic mass is 32.2. The van der Waals surface area contributed by atoms with Crippen molar-refractivity contribution in [2.24, 2.45) is 0 Å². The Kier molecular flexibility index (Phi) is 6.37. The monoisotopic (exact) mass is 424 g/mol. The normalized spacial score (nSPS) is 15.4. The molecule has 1 heterocycles. The Morgan fingerprint density at radius 1 is 0.867 bits per heavy atom. The molecule has 0 radical (unpaired) electrons. The second-order valence-electron chi connectivity index (χ2n) is 7.85. The van der Waals surface area contributed by atoms with Crippen LogP contribution >= 0.6 is 0 Å². The van der Waals surface area contributed by atoms with Crippen LogP contribution in [0.2, 0.25) is 0 Å². The van der Waals surface area contributed by atoms with Crippen molar-refractivity contribution >= 4 is 20.8 Å². The van der Waals surface area contributed by atoms with Gasteiger partial charge in [-0.25, -0.2) is 13.1 Å².